The van der Waals surface area contributed by atoms with E-state index in [1.54, 1.807) is 7.11 Å². The molecule has 1 amide bonds. The molecular weight excluding hydrogens is 899 g/mol. The number of carbonyl (C=O) groups excluding carboxylic acids is 4. The molecular formula is C57H65N5O9. The van der Waals surface area contributed by atoms with Gasteiger partial charge in [-0.2, -0.15) is 0 Å². The summed E-state index contributed by atoms with van der Waals surface area (Å²) in [5.41, 5.74) is -0.976. The fourth-order valence-corrected chi connectivity index (χ4v) is 15.4. The Balaban J connectivity index is 1.12. The number of carbonyl (C=O) groups is 4. The van der Waals surface area contributed by atoms with Gasteiger partial charge in [0.1, 0.15) is 11.2 Å². The van der Waals surface area contributed by atoms with Crippen LogP contribution < -0.4 is 15.0 Å². The molecule has 11 rings (SSSR count). The molecule has 5 aromatic rings. The lowest BCUT2D eigenvalue weighted by Gasteiger charge is -2.63. The zero-order valence-electron chi connectivity index (χ0n) is 41.8. The maximum atomic E-state index is 15.8. The quantitative estimate of drug-likeness (QED) is 0.0828. The number of anilines is 1. The molecule has 14 nitrogen and oxygen atoms in total. The Morgan fingerprint density at radius 3 is 2.35 bits per heavy atom. The second-order valence-electron chi connectivity index (χ2n) is 21.3. The van der Waals surface area contributed by atoms with Gasteiger partial charge in [0.05, 0.1) is 32.9 Å². The van der Waals surface area contributed by atoms with Crippen LogP contribution in [0.1, 0.15) is 85.6 Å². The lowest BCUT2D eigenvalue weighted by atomic mass is 9.47. The monoisotopic (exact) mass is 963 g/mol. The zero-order chi connectivity index (χ0) is 49.8. The topological polar surface area (TPSA) is 163 Å². The van der Waals surface area contributed by atoms with Crippen molar-refractivity contribution < 1.29 is 43.2 Å². The first-order chi connectivity index (χ1) is 34.2. The largest absolute Gasteiger partial charge is 0.496 e. The minimum absolute atomic E-state index is 0.134. The molecule has 1 aromatic heterocycles. The molecule has 3 fully saturated rings. The van der Waals surface area contributed by atoms with Crippen LogP contribution in [0.5, 0.6) is 5.75 Å². The van der Waals surface area contributed by atoms with Gasteiger partial charge in [-0.15, -0.1) is 0 Å². The van der Waals surface area contributed by atoms with Crippen molar-refractivity contribution in [3.05, 3.63) is 119 Å². The van der Waals surface area contributed by atoms with Gasteiger partial charge in [0.15, 0.2) is 6.10 Å². The molecule has 71 heavy (non-hydrogen) atoms. The van der Waals surface area contributed by atoms with E-state index in [0.29, 0.717) is 88.1 Å². The van der Waals surface area contributed by atoms with Gasteiger partial charge in [-0.1, -0.05) is 74.5 Å². The number of ether oxygens (including phenoxy) is 4. The van der Waals surface area contributed by atoms with E-state index in [1.165, 1.54) is 21.1 Å². The molecule has 1 spiro atoms. The van der Waals surface area contributed by atoms with Crippen LogP contribution in [0.3, 0.4) is 0 Å². The summed E-state index contributed by atoms with van der Waals surface area (Å²) < 4.78 is 24.3. The number of benzene rings is 4. The van der Waals surface area contributed by atoms with Crippen molar-refractivity contribution in [3.63, 3.8) is 0 Å². The predicted octanol–water partition coefficient (Wildman–Crippen LogP) is 6.58. The summed E-state index contributed by atoms with van der Waals surface area (Å²) in [6, 6.07) is 24.8. The van der Waals surface area contributed by atoms with E-state index in [4.69, 9.17) is 18.9 Å². The van der Waals surface area contributed by atoms with E-state index in [9.17, 15) is 19.5 Å². The lowest BCUT2D eigenvalue weighted by molar-refractivity contribution is -0.228. The fourth-order valence-electron chi connectivity index (χ4n) is 15.4. The number of hydrogen-bond donors (Lipinski definition) is 3. The van der Waals surface area contributed by atoms with Crippen molar-refractivity contribution in [2.45, 2.75) is 99.5 Å². The molecule has 2 bridgehead atoms. The van der Waals surface area contributed by atoms with E-state index in [2.05, 4.69) is 51.3 Å². The number of amides is 1. The Labute approximate surface area is 414 Å². The maximum absolute atomic E-state index is 15.8. The number of nitrogens with one attached hydrogen (secondary N) is 2. The van der Waals surface area contributed by atoms with Crippen molar-refractivity contribution in [1.29, 1.82) is 0 Å². The first-order valence-corrected chi connectivity index (χ1v) is 25.3. The van der Waals surface area contributed by atoms with Crippen LogP contribution in [0.4, 0.5) is 5.69 Å². The Morgan fingerprint density at radius 1 is 0.859 bits per heavy atom. The molecule has 1 unspecified atom stereocenters. The van der Waals surface area contributed by atoms with Crippen LogP contribution in [0.25, 0.3) is 21.7 Å². The SMILES string of the molecule is CC[C@]1(NC(=O)c2ccc3ccccc3c2)C[C@H]2CN(CCc3c([nH]c4ccccc34)[C@@](C(=O)OC)(c3cc4c(cc3OC)N(C)[C@H]3[C@@](O)(C(=O)OC)[C@H](OC(C)=O)[C@]5(CC)C=CCN6CC[C@]43[C@@H]65)C2)C1. The Hall–Kier alpha value is -6.22. The molecule has 14 heteroatoms. The van der Waals surface area contributed by atoms with E-state index in [0.717, 1.165) is 44.2 Å². The molecule has 0 radical (unpaired) electrons. The van der Waals surface area contributed by atoms with Gasteiger partial charge < -0.3 is 44.2 Å². The van der Waals surface area contributed by atoms with Crippen molar-refractivity contribution in [2.24, 2.45) is 11.3 Å². The first-order valence-electron chi connectivity index (χ1n) is 25.3. The standard InChI is InChI=1S/C57H65N5O9/c1-8-53(59-47(64)38-20-19-36-15-10-11-16-37(36)27-38)30-35-31-56(51(65)69-6,46-40(21-25-61(32-35)33-53)39-17-12-13-18-43(39)58-46)42-28-41-44(29-45(42)68-5)60(4)49-55(41)23-26-62-24-14-22-54(9-2,48(55)62)50(71-34(3)63)57(49,67)52(66)70-7/h10-20,22,27-29,35,48-50,58,67H,8-9,21,23-26,30-33H2,1-7H3,(H,59,64)/t35-,48+,49-,50-,53+,54-,55-,56+,57+/m1/s1. The van der Waals surface area contributed by atoms with Gasteiger partial charge >= 0.3 is 17.9 Å². The number of aliphatic hydroxyl groups is 1. The number of nitrogens with zero attached hydrogens (tertiary/aromatic N) is 3. The number of likely N-dealkylation sites (N-methyl/N-ethyl adjacent to an activating group) is 1. The molecule has 6 heterocycles. The minimum Gasteiger partial charge on any atom is -0.496 e. The van der Waals surface area contributed by atoms with Crippen molar-refractivity contribution in [2.75, 3.05) is 66.0 Å². The van der Waals surface area contributed by atoms with Gasteiger partial charge in [0, 0.05) is 96.5 Å². The second kappa shape index (κ2) is 17.0. The highest BCUT2D eigenvalue weighted by Gasteiger charge is 2.80. The molecule has 372 valence electrons. The Bertz CT molecular complexity index is 3040. The van der Waals surface area contributed by atoms with E-state index < -0.39 is 57.4 Å². The van der Waals surface area contributed by atoms with Gasteiger partial charge in [-0.25, -0.2) is 4.79 Å². The number of para-hydroxylation sites is 1. The van der Waals surface area contributed by atoms with Crippen LogP contribution in [0, 0.1) is 11.3 Å². The van der Waals surface area contributed by atoms with Crippen LogP contribution in [-0.4, -0.2) is 134 Å². The molecule has 1 aliphatic carbocycles. The lowest BCUT2D eigenvalue weighted by Crippen LogP contribution is -2.81. The number of esters is 3. The van der Waals surface area contributed by atoms with Gasteiger partial charge in [-0.05, 0) is 97.2 Å². The molecule has 4 aromatic carbocycles. The number of rotatable bonds is 9. The van der Waals surface area contributed by atoms with E-state index >= 15 is 4.79 Å². The summed E-state index contributed by atoms with van der Waals surface area (Å²) in [6.45, 7) is 8.74. The summed E-state index contributed by atoms with van der Waals surface area (Å²) in [5, 5.41) is 20.1. The maximum Gasteiger partial charge on any atom is 0.344 e. The van der Waals surface area contributed by atoms with Crippen molar-refractivity contribution >= 4 is 51.2 Å². The number of hydrogen-bond acceptors (Lipinski definition) is 12. The first kappa shape index (κ1) is 47.1. The smallest absolute Gasteiger partial charge is 0.344 e. The predicted molar refractivity (Wildman–Crippen MR) is 270 cm³/mol. The highest BCUT2D eigenvalue weighted by Crippen LogP contribution is 2.68. The average molecular weight is 964 g/mol. The summed E-state index contributed by atoms with van der Waals surface area (Å²) in [7, 11) is 6.18. The highest BCUT2D eigenvalue weighted by molar-refractivity contribution is 5.99. The molecule has 3 N–H and O–H groups in total. The van der Waals surface area contributed by atoms with Crippen LogP contribution in [-0.2, 0) is 45.8 Å². The van der Waals surface area contributed by atoms with E-state index in [-0.39, 0.29) is 17.9 Å². The van der Waals surface area contributed by atoms with Crippen molar-refractivity contribution in [1.82, 2.24) is 20.1 Å². The van der Waals surface area contributed by atoms with Crippen molar-refractivity contribution in [3.8, 4) is 5.75 Å². The van der Waals surface area contributed by atoms with Crippen LogP contribution >= 0.6 is 0 Å². The van der Waals surface area contributed by atoms with Crippen LogP contribution in [0.2, 0.25) is 0 Å². The highest BCUT2D eigenvalue weighted by atomic mass is 16.6. The van der Waals surface area contributed by atoms with Gasteiger partial charge in [0.2, 0.25) is 5.60 Å². The fraction of sp³-hybridized carbons (Fsp3) is 0.474. The summed E-state index contributed by atoms with van der Waals surface area (Å²) in [6.07, 6.45) is 6.00. The molecule has 5 aliphatic heterocycles. The Morgan fingerprint density at radius 2 is 1.62 bits per heavy atom. The Kier molecular flexibility index (Phi) is 11.3. The summed E-state index contributed by atoms with van der Waals surface area (Å²) in [4.78, 5) is 68.6. The third-order valence-electron chi connectivity index (χ3n) is 18.0. The number of aromatic nitrogens is 1. The summed E-state index contributed by atoms with van der Waals surface area (Å²) in [5.74, 6) is -1.78. The third kappa shape index (κ3) is 6.55. The molecule has 1 saturated carbocycles. The average Bonchev–Trinajstić information content (AvgIpc) is 4.05. The molecule has 6 aliphatic rings. The summed E-state index contributed by atoms with van der Waals surface area (Å²) >= 11 is 0. The third-order valence-corrected chi connectivity index (χ3v) is 18.0. The normalized spacial score (nSPS) is 32.6. The van der Waals surface area contributed by atoms with E-state index in [1.807, 2.05) is 85.6 Å². The minimum atomic E-state index is -2.33. The number of H-pyrrole nitrogens is 1. The van der Waals surface area contributed by atoms with Crippen LogP contribution in [0.15, 0.2) is 91.0 Å². The number of piperidine rings is 1. The van der Waals surface area contributed by atoms with Gasteiger partial charge in [0.25, 0.3) is 5.91 Å². The zero-order valence-corrected chi connectivity index (χ0v) is 41.8. The molecule has 10 atom stereocenters. The number of methoxy groups -OCH3 is 3. The van der Waals surface area contributed by atoms with Gasteiger partial charge in [-0.3, -0.25) is 19.3 Å². The second-order valence-corrected chi connectivity index (χ2v) is 21.3. The number of aromatic amines is 1. The number of fused-ring (bicyclic) bond motifs is 7. The molecule has 2 saturated heterocycles.